The van der Waals surface area contributed by atoms with Crippen LogP contribution in [0.5, 0.6) is 0 Å². The molecule has 0 saturated carbocycles. The molecule has 5 N–H and O–H groups in total. The van der Waals surface area contributed by atoms with E-state index in [9.17, 15) is 4.79 Å². The van der Waals surface area contributed by atoms with Gasteiger partial charge in [0.15, 0.2) is 0 Å². The predicted molar refractivity (Wildman–Crippen MR) is 74.0 cm³/mol. The number of hydrogen-bond donors (Lipinski definition) is 4. The molecule has 6 nitrogen and oxygen atoms in total. The molecule has 1 amide bonds. The van der Waals surface area contributed by atoms with Gasteiger partial charge in [0.2, 0.25) is 5.91 Å². The fourth-order valence-corrected chi connectivity index (χ4v) is 2.20. The summed E-state index contributed by atoms with van der Waals surface area (Å²) < 4.78 is 0. The van der Waals surface area contributed by atoms with Crippen molar-refractivity contribution in [1.82, 2.24) is 9.97 Å². The van der Waals surface area contributed by atoms with Crippen LogP contribution in [0.2, 0.25) is 0 Å². The second-order valence-electron chi connectivity index (χ2n) is 4.53. The van der Waals surface area contributed by atoms with Crippen LogP contribution in [0, 0.1) is 0 Å². The summed E-state index contributed by atoms with van der Waals surface area (Å²) in [7, 11) is 0. The van der Waals surface area contributed by atoms with Crippen molar-refractivity contribution in [1.29, 1.82) is 0 Å². The maximum atomic E-state index is 11.3. The first-order valence-electron chi connectivity index (χ1n) is 6.17. The van der Waals surface area contributed by atoms with Crippen molar-refractivity contribution in [2.45, 2.75) is 12.8 Å². The van der Waals surface area contributed by atoms with E-state index in [1.807, 2.05) is 12.1 Å². The molecule has 0 radical (unpaired) electrons. The zero-order valence-electron chi connectivity index (χ0n) is 10.4. The number of H-pyrrole nitrogens is 1. The third-order valence-corrected chi connectivity index (χ3v) is 3.13. The van der Waals surface area contributed by atoms with E-state index >= 15 is 0 Å². The number of fused-ring (bicyclic) bond motifs is 1. The van der Waals surface area contributed by atoms with Gasteiger partial charge in [-0.15, -0.1) is 0 Å². The molecule has 1 aromatic heterocycles. The van der Waals surface area contributed by atoms with Crippen LogP contribution in [0.1, 0.15) is 11.4 Å². The molecule has 0 unspecified atom stereocenters. The molecule has 98 valence electrons. The highest BCUT2D eigenvalue weighted by Crippen LogP contribution is 2.31. The van der Waals surface area contributed by atoms with Crippen LogP contribution in [-0.2, 0) is 17.6 Å². The Morgan fingerprint density at radius 2 is 2.32 bits per heavy atom. The molecular formula is C13H15N5O. The van der Waals surface area contributed by atoms with Gasteiger partial charge in [0.25, 0.3) is 0 Å². The van der Waals surface area contributed by atoms with E-state index in [0.717, 1.165) is 35.7 Å². The van der Waals surface area contributed by atoms with Crippen LogP contribution in [0.25, 0.3) is 0 Å². The average molecular weight is 257 g/mol. The Balaban J connectivity index is 1.68. The Bertz CT molecular complexity index is 606. The molecular weight excluding hydrogens is 242 g/mol. The minimum absolute atomic E-state index is 0.0159. The third kappa shape index (κ3) is 2.37. The molecule has 1 aliphatic heterocycles. The zero-order valence-corrected chi connectivity index (χ0v) is 10.4. The summed E-state index contributed by atoms with van der Waals surface area (Å²) in [6, 6.07) is 3.74. The Morgan fingerprint density at radius 1 is 1.42 bits per heavy atom. The summed E-state index contributed by atoms with van der Waals surface area (Å²) in [4.78, 5) is 18.5. The van der Waals surface area contributed by atoms with E-state index in [2.05, 4.69) is 20.6 Å². The highest BCUT2D eigenvalue weighted by atomic mass is 16.1. The molecule has 2 aromatic rings. The number of imidazole rings is 1. The van der Waals surface area contributed by atoms with E-state index in [-0.39, 0.29) is 5.91 Å². The van der Waals surface area contributed by atoms with Gasteiger partial charge in [0, 0.05) is 31.0 Å². The summed E-state index contributed by atoms with van der Waals surface area (Å²) in [6.07, 6.45) is 4.73. The van der Waals surface area contributed by atoms with Gasteiger partial charge in [0.05, 0.1) is 17.8 Å². The maximum Gasteiger partial charge on any atom is 0.228 e. The number of aromatic nitrogens is 2. The number of carbonyl (C=O) groups is 1. The molecule has 6 heteroatoms. The second kappa shape index (κ2) is 4.64. The van der Waals surface area contributed by atoms with E-state index in [1.54, 1.807) is 12.4 Å². The van der Waals surface area contributed by atoms with Crippen LogP contribution < -0.4 is 16.4 Å². The normalized spacial score (nSPS) is 13.2. The number of hydrogen-bond acceptors (Lipinski definition) is 4. The molecule has 0 saturated heterocycles. The van der Waals surface area contributed by atoms with Gasteiger partial charge in [-0.05, 0) is 17.7 Å². The quantitative estimate of drug-likeness (QED) is 0.618. The van der Waals surface area contributed by atoms with E-state index in [1.165, 1.54) is 0 Å². The molecule has 0 spiro atoms. The Morgan fingerprint density at radius 3 is 3.11 bits per heavy atom. The first-order valence-corrected chi connectivity index (χ1v) is 6.17. The van der Waals surface area contributed by atoms with E-state index in [4.69, 9.17) is 5.73 Å². The number of nitrogens with two attached hydrogens (primary N) is 1. The molecule has 0 bridgehead atoms. The topological polar surface area (TPSA) is 95.8 Å². The molecule has 19 heavy (non-hydrogen) atoms. The Labute approximate surface area is 110 Å². The fourth-order valence-electron chi connectivity index (χ4n) is 2.20. The number of nitrogens with zero attached hydrogens (tertiary/aromatic N) is 1. The first kappa shape index (κ1) is 11.6. The van der Waals surface area contributed by atoms with Crippen LogP contribution in [0.15, 0.2) is 24.5 Å². The van der Waals surface area contributed by atoms with E-state index < -0.39 is 0 Å². The second-order valence-corrected chi connectivity index (χ2v) is 4.53. The number of rotatable bonds is 4. The zero-order chi connectivity index (χ0) is 13.2. The van der Waals surface area contributed by atoms with Crippen LogP contribution >= 0.6 is 0 Å². The highest BCUT2D eigenvalue weighted by molar-refractivity contribution is 6.00. The first-order chi connectivity index (χ1) is 9.22. The third-order valence-electron chi connectivity index (χ3n) is 3.13. The number of nitrogens with one attached hydrogen (secondary N) is 3. The Kier molecular flexibility index (Phi) is 2.83. The molecule has 0 aliphatic carbocycles. The van der Waals surface area contributed by atoms with Crippen LogP contribution in [0.3, 0.4) is 0 Å². The number of amides is 1. The van der Waals surface area contributed by atoms with Gasteiger partial charge in [-0.3, -0.25) is 4.79 Å². The minimum atomic E-state index is 0.0159. The summed E-state index contributed by atoms with van der Waals surface area (Å²) in [5, 5.41) is 6.08. The van der Waals surface area contributed by atoms with Gasteiger partial charge < -0.3 is 21.4 Å². The maximum absolute atomic E-state index is 11.3. The molecule has 0 fully saturated rings. The van der Waals surface area contributed by atoms with Gasteiger partial charge in [-0.25, -0.2) is 4.98 Å². The molecule has 3 rings (SSSR count). The monoisotopic (exact) mass is 257 g/mol. The van der Waals surface area contributed by atoms with Gasteiger partial charge in [-0.1, -0.05) is 0 Å². The fraction of sp³-hybridized carbons (Fsp3) is 0.231. The number of nitrogen functional groups attached to an aromatic ring is 1. The van der Waals surface area contributed by atoms with Crippen molar-refractivity contribution < 1.29 is 4.79 Å². The lowest BCUT2D eigenvalue weighted by atomic mass is 10.1. The highest BCUT2D eigenvalue weighted by Gasteiger charge is 2.19. The van der Waals surface area contributed by atoms with Gasteiger partial charge in [0.1, 0.15) is 5.82 Å². The smallest absolute Gasteiger partial charge is 0.228 e. The summed E-state index contributed by atoms with van der Waals surface area (Å²) in [6.45, 7) is 0.727. The molecule has 1 aromatic carbocycles. The van der Waals surface area contributed by atoms with Gasteiger partial charge >= 0.3 is 0 Å². The van der Waals surface area contributed by atoms with Crippen LogP contribution in [0.4, 0.5) is 17.1 Å². The van der Waals surface area contributed by atoms with Crippen LogP contribution in [-0.4, -0.2) is 22.4 Å². The van der Waals surface area contributed by atoms with Gasteiger partial charge in [-0.2, -0.15) is 0 Å². The van der Waals surface area contributed by atoms with Crippen molar-refractivity contribution in [3.63, 3.8) is 0 Å². The number of anilines is 3. The minimum Gasteiger partial charge on any atom is -0.397 e. The number of carbonyl (C=O) groups excluding carboxylic acids is 1. The summed E-state index contributed by atoms with van der Waals surface area (Å²) >= 11 is 0. The average Bonchev–Trinajstić information content (AvgIpc) is 2.98. The van der Waals surface area contributed by atoms with Crippen molar-refractivity contribution in [3.05, 3.63) is 35.9 Å². The molecule has 0 atom stereocenters. The lowest BCUT2D eigenvalue weighted by Gasteiger charge is -2.10. The van der Waals surface area contributed by atoms with E-state index in [0.29, 0.717) is 12.1 Å². The lowest BCUT2D eigenvalue weighted by molar-refractivity contribution is -0.115. The van der Waals surface area contributed by atoms with Crippen molar-refractivity contribution >= 4 is 23.0 Å². The molecule has 1 aliphatic rings. The summed E-state index contributed by atoms with van der Waals surface area (Å²) in [5.74, 6) is 0.947. The Hall–Kier alpha value is -2.50. The lowest BCUT2D eigenvalue weighted by Crippen LogP contribution is -2.08. The predicted octanol–water partition coefficient (Wildman–Crippen LogP) is 1.14. The number of benzene rings is 1. The molecule has 2 heterocycles. The van der Waals surface area contributed by atoms with Crippen molar-refractivity contribution in [2.75, 3.05) is 22.9 Å². The number of aromatic amines is 1. The largest absolute Gasteiger partial charge is 0.397 e. The summed E-state index contributed by atoms with van der Waals surface area (Å²) in [5.41, 5.74) is 9.28. The SMILES string of the molecule is Nc1cc2c(cc1NCCc1ncc[nH]1)NC(=O)C2. The standard InChI is InChI=1S/C13H15N5O/c14-9-5-8-6-13(19)18-10(8)7-11(9)15-2-1-12-16-3-4-17-12/h3-5,7,15H,1-2,6,14H2,(H,16,17)(H,18,19). The van der Waals surface area contributed by atoms with Crippen molar-refractivity contribution in [3.8, 4) is 0 Å². The van der Waals surface area contributed by atoms with Crippen molar-refractivity contribution in [2.24, 2.45) is 0 Å².